The Labute approximate surface area is 110 Å². The summed E-state index contributed by atoms with van der Waals surface area (Å²) in [5, 5.41) is 47.6. The minimum absolute atomic E-state index is 0.0309. The quantitative estimate of drug-likeness (QED) is 0.447. The monoisotopic (exact) mass is 271 g/mol. The summed E-state index contributed by atoms with van der Waals surface area (Å²) in [4.78, 5) is 0. The Hall–Kier alpha value is -1.01. The van der Waals surface area contributed by atoms with Gasteiger partial charge in [0.15, 0.2) is 11.9 Å². The highest BCUT2D eigenvalue weighted by Gasteiger charge is 2.47. The number of aliphatic hydroxyl groups excluding tert-OH is 4. The van der Waals surface area contributed by atoms with Gasteiger partial charge in [-0.05, 0) is 13.0 Å². The van der Waals surface area contributed by atoms with Crippen molar-refractivity contribution in [3.63, 3.8) is 0 Å². The van der Waals surface area contributed by atoms with Crippen molar-refractivity contribution in [1.29, 1.82) is 5.26 Å². The van der Waals surface area contributed by atoms with Crippen LogP contribution in [0, 0.1) is 11.3 Å². The molecule has 0 aromatic rings. The fourth-order valence-corrected chi connectivity index (χ4v) is 2.23. The van der Waals surface area contributed by atoms with Crippen LogP contribution >= 0.6 is 0 Å². The molecule has 4 N–H and O–H groups in total. The van der Waals surface area contributed by atoms with Gasteiger partial charge in [0.2, 0.25) is 0 Å². The number of ether oxygens (including phenoxy) is 2. The average Bonchev–Trinajstić information content (AvgIpc) is 2.75. The molecule has 1 aliphatic heterocycles. The fraction of sp³-hybridized carbons (Fsp3) is 0.750. The first-order valence-corrected chi connectivity index (χ1v) is 6.05. The molecule has 2 rings (SSSR count). The molecule has 7 atom stereocenters. The van der Waals surface area contributed by atoms with E-state index in [1.807, 2.05) is 6.07 Å². The first-order valence-electron chi connectivity index (χ1n) is 6.05. The summed E-state index contributed by atoms with van der Waals surface area (Å²) >= 11 is 0. The van der Waals surface area contributed by atoms with Gasteiger partial charge in [-0.1, -0.05) is 6.08 Å². The molecule has 0 aromatic carbocycles. The van der Waals surface area contributed by atoms with Gasteiger partial charge < -0.3 is 29.9 Å². The molecule has 0 aromatic heterocycles. The Morgan fingerprint density at radius 3 is 2.47 bits per heavy atom. The highest BCUT2D eigenvalue weighted by atomic mass is 16.7. The molecular weight excluding hydrogens is 254 g/mol. The molecule has 19 heavy (non-hydrogen) atoms. The van der Waals surface area contributed by atoms with Gasteiger partial charge in [0.05, 0.1) is 12.2 Å². The zero-order valence-corrected chi connectivity index (χ0v) is 10.4. The Balaban J connectivity index is 2.10. The molecule has 1 fully saturated rings. The predicted molar refractivity (Wildman–Crippen MR) is 61.5 cm³/mol. The molecule has 0 spiro atoms. The lowest BCUT2D eigenvalue weighted by molar-refractivity contribution is -0.308. The number of aliphatic hydroxyl groups is 4. The van der Waals surface area contributed by atoms with Crippen LogP contribution in [0.4, 0.5) is 0 Å². The molecule has 0 unspecified atom stereocenters. The Morgan fingerprint density at radius 2 is 1.95 bits per heavy atom. The second-order valence-electron chi connectivity index (χ2n) is 4.93. The van der Waals surface area contributed by atoms with E-state index in [1.165, 1.54) is 19.1 Å². The van der Waals surface area contributed by atoms with Crippen LogP contribution < -0.4 is 0 Å². The Bertz CT molecular complexity index is 408. The van der Waals surface area contributed by atoms with Gasteiger partial charge in [0.1, 0.15) is 24.4 Å². The summed E-state index contributed by atoms with van der Waals surface area (Å²) in [5.41, 5.74) is -1.40. The molecule has 106 valence electrons. The third kappa shape index (κ3) is 2.65. The summed E-state index contributed by atoms with van der Waals surface area (Å²) in [6, 6.07) is 1.91. The fourth-order valence-electron chi connectivity index (χ4n) is 2.23. The third-order valence-electron chi connectivity index (χ3n) is 3.42. The van der Waals surface area contributed by atoms with Gasteiger partial charge in [-0.15, -0.1) is 0 Å². The Kier molecular flexibility index (Phi) is 3.92. The van der Waals surface area contributed by atoms with Crippen LogP contribution in [-0.2, 0) is 9.47 Å². The normalized spacial score (nSPS) is 50.1. The van der Waals surface area contributed by atoms with E-state index in [4.69, 9.17) is 14.7 Å². The van der Waals surface area contributed by atoms with Crippen LogP contribution in [-0.4, -0.2) is 62.8 Å². The predicted octanol–water partition coefficient (Wildman–Crippen LogP) is -1.59. The van der Waals surface area contributed by atoms with Crippen molar-refractivity contribution in [2.24, 2.45) is 0 Å². The molecule has 7 heteroatoms. The highest BCUT2D eigenvalue weighted by Crippen LogP contribution is 2.32. The Morgan fingerprint density at radius 1 is 1.26 bits per heavy atom. The van der Waals surface area contributed by atoms with E-state index < -0.39 is 42.4 Å². The zero-order chi connectivity index (χ0) is 14.2. The highest BCUT2D eigenvalue weighted by molar-refractivity contribution is 5.24. The molecule has 0 bridgehead atoms. The van der Waals surface area contributed by atoms with Crippen molar-refractivity contribution >= 4 is 0 Å². The number of hydrogen-bond acceptors (Lipinski definition) is 7. The molecule has 7 nitrogen and oxygen atoms in total. The van der Waals surface area contributed by atoms with Gasteiger partial charge in [-0.3, -0.25) is 0 Å². The van der Waals surface area contributed by atoms with Crippen LogP contribution in [0.1, 0.15) is 13.3 Å². The first kappa shape index (κ1) is 14.4. The van der Waals surface area contributed by atoms with Gasteiger partial charge in [-0.2, -0.15) is 5.26 Å². The molecule has 0 saturated carbocycles. The summed E-state index contributed by atoms with van der Waals surface area (Å²) in [6.07, 6.45) is -4.04. The number of hydrogen-bond donors (Lipinski definition) is 4. The maximum Gasteiger partial charge on any atom is 0.188 e. The van der Waals surface area contributed by atoms with Crippen LogP contribution in [0.2, 0.25) is 0 Å². The van der Waals surface area contributed by atoms with E-state index in [-0.39, 0.29) is 6.42 Å². The van der Waals surface area contributed by atoms with Crippen molar-refractivity contribution in [1.82, 2.24) is 0 Å². The molecular formula is C12H17NO6. The number of rotatable bonds is 2. The second-order valence-corrected chi connectivity index (χ2v) is 4.93. The molecule has 1 saturated heterocycles. The summed E-state index contributed by atoms with van der Waals surface area (Å²) in [6.45, 7) is 1.52. The van der Waals surface area contributed by atoms with Gasteiger partial charge >= 0.3 is 0 Å². The summed E-state index contributed by atoms with van der Waals surface area (Å²) in [5.74, 6) is 0. The molecule has 0 amide bonds. The lowest BCUT2D eigenvalue weighted by atomic mass is 9.99. The topological polar surface area (TPSA) is 123 Å². The average molecular weight is 271 g/mol. The van der Waals surface area contributed by atoms with E-state index in [9.17, 15) is 20.4 Å². The van der Waals surface area contributed by atoms with Crippen LogP contribution in [0.5, 0.6) is 0 Å². The lowest BCUT2D eigenvalue weighted by Gasteiger charge is -2.41. The van der Waals surface area contributed by atoms with Gasteiger partial charge in [0, 0.05) is 6.42 Å². The third-order valence-corrected chi connectivity index (χ3v) is 3.42. The van der Waals surface area contributed by atoms with E-state index >= 15 is 0 Å². The van der Waals surface area contributed by atoms with Gasteiger partial charge in [-0.25, -0.2) is 0 Å². The maximum absolute atomic E-state index is 9.81. The SMILES string of the molecule is C[C@H]1O[C@@H](O[C@]2(C#N)C=C[C@H](O)C2)[C@H](O)[C@H](O)[C@H]1O. The summed E-state index contributed by atoms with van der Waals surface area (Å²) in [7, 11) is 0. The summed E-state index contributed by atoms with van der Waals surface area (Å²) < 4.78 is 10.7. The van der Waals surface area contributed by atoms with Crippen molar-refractivity contribution in [3.05, 3.63) is 12.2 Å². The van der Waals surface area contributed by atoms with E-state index in [2.05, 4.69) is 0 Å². The van der Waals surface area contributed by atoms with E-state index in [0.29, 0.717) is 0 Å². The zero-order valence-electron chi connectivity index (χ0n) is 10.4. The largest absolute Gasteiger partial charge is 0.389 e. The van der Waals surface area contributed by atoms with Crippen molar-refractivity contribution in [2.45, 2.75) is 55.8 Å². The molecule has 1 aliphatic carbocycles. The molecule has 1 heterocycles. The first-order chi connectivity index (χ1) is 8.88. The van der Waals surface area contributed by atoms with Crippen molar-refractivity contribution < 1.29 is 29.9 Å². The van der Waals surface area contributed by atoms with E-state index in [0.717, 1.165) is 0 Å². The minimum atomic E-state index is -1.47. The smallest absolute Gasteiger partial charge is 0.188 e. The second kappa shape index (κ2) is 5.17. The van der Waals surface area contributed by atoms with Crippen LogP contribution in [0.3, 0.4) is 0 Å². The van der Waals surface area contributed by atoms with Crippen LogP contribution in [0.15, 0.2) is 12.2 Å². The number of nitrogens with zero attached hydrogens (tertiary/aromatic N) is 1. The van der Waals surface area contributed by atoms with Crippen molar-refractivity contribution in [3.8, 4) is 6.07 Å². The van der Waals surface area contributed by atoms with Gasteiger partial charge in [0.25, 0.3) is 0 Å². The minimum Gasteiger partial charge on any atom is -0.389 e. The van der Waals surface area contributed by atoms with Crippen LogP contribution in [0.25, 0.3) is 0 Å². The van der Waals surface area contributed by atoms with E-state index in [1.54, 1.807) is 0 Å². The maximum atomic E-state index is 9.81. The number of nitriles is 1. The van der Waals surface area contributed by atoms with Crippen molar-refractivity contribution in [2.75, 3.05) is 0 Å². The standard InChI is InChI=1S/C12H17NO6/c1-6-8(15)9(16)10(17)11(18-6)19-12(5-13)3-2-7(14)4-12/h2-3,6-11,14-17H,4H2,1H3/t6-,7+,8+,9-,10-,11+,12-/m1/s1. The lowest BCUT2D eigenvalue weighted by Crippen LogP contribution is -2.58. The molecule has 0 radical (unpaired) electrons. The molecule has 2 aliphatic rings.